The molecule has 2 unspecified atom stereocenters. The van der Waals surface area contributed by atoms with Crippen LogP contribution in [0.25, 0.3) is 0 Å². The first-order chi connectivity index (χ1) is 16.0. The molecule has 34 heavy (non-hydrogen) atoms. The van der Waals surface area contributed by atoms with E-state index in [4.69, 9.17) is 0 Å². The fraction of sp³-hybridized carbons (Fsp3) is 0.667. The number of benzene rings is 1. The molecule has 0 radical (unpaired) electrons. The average Bonchev–Trinajstić information content (AvgIpc) is 2.71. The molecule has 184 valence electrons. The van der Waals surface area contributed by atoms with Gasteiger partial charge in [0.15, 0.2) is 0 Å². The van der Waals surface area contributed by atoms with Crippen LogP contribution in [0, 0.1) is 16.7 Å². The number of nitrogens with one attached hydrogen (secondary N) is 3. The molecular formula is C27H38N4O3. The maximum absolute atomic E-state index is 13.0. The van der Waals surface area contributed by atoms with Crippen LogP contribution in [0.15, 0.2) is 24.3 Å². The first-order valence-corrected chi connectivity index (χ1v) is 12.8. The normalized spacial score (nSPS) is 34.6. The number of amides is 4. The van der Waals surface area contributed by atoms with Gasteiger partial charge in [-0.1, -0.05) is 13.8 Å². The van der Waals surface area contributed by atoms with Crippen LogP contribution in [0.3, 0.4) is 0 Å². The van der Waals surface area contributed by atoms with E-state index >= 15 is 0 Å². The molecule has 7 heteroatoms. The molecule has 3 N–H and O–H groups in total. The van der Waals surface area contributed by atoms with Crippen molar-refractivity contribution in [1.82, 2.24) is 15.5 Å². The molecule has 0 spiro atoms. The van der Waals surface area contributed by atoms with Gasteiger partial charge in [-0.15, -0.1) is 0 Å². The van der Waals surface area contributed by atoms with Gasteiger partial charge >= 0.3 is 6.03 Å². The van der Waals surface area contributed by atoms with Gasteiger partial charge in [-0.25, -0.2) is 4.79 Å². The summed E-state index contributed by atoms with van der Waals surface area (Å²) < 4.78 is 0. The van der Waals surface area contributed by atoms with Gasteiger partial charge in [0.1, 0.15) is 0 Å². The average molecular weight is 467 g/mol. The maximum atomic E-state index is 13.0. The van der Waals surface area contributed by atoms with Crippen LogP contribution in [0.1, 0.15) is 82.5 Å². The lowest BCUT2D eigenvalue weighted by atomic mass is 9.43. The highest BCUT2D eigenvalue weighted by molar-refractivity contribution is 5.95. The summed E-state index contributed by atoms with van der Waals surface area (Å²) in [7, 11) is 0. The molecule has 1 aliphatic heterocycles. The number of likely N-dealkylation sites (tertiary alicyclic amines) is 1. The number of carbonyl (C=O) groups excluding carboxylic acids is 3. The largest absolute Gasteiger partial charge is 0.353 e. The van der Waals surface area contributed by atoms with Gasteiger partial charge in [0.25, 0.3) is 5.91 Å². The zero-order valence-electron chi connectivity index (χ0n) is 20.7. The Hall–Kier alpha value is -2.57. The minimum absolute atomic E-state index is 0.00710. The lowest BCUT2D eigenvalue weighted by molar-refractivity contribution is -0.119. The molecule has 4 bridgehead atoms. The van der Waals surface area contributed by atoms with Crippen molar-refractivity contribution in [2.45, 2.75) is 83.7 Å². The van der Waals surface area contributed by atoms with E-state index in [2.05, 4.69) is 29.8 Å². The molecule has 5 aliphatic rings. The first-order valence-electron chi connectivity index (χ1n) is 12.8. The number of nitrogens with zero attached hydrogens (tertiary/aromatic N) is 1. The highest BCUT2D eigenvalue weighted by Gasteiger charge is 2.60. The van der Waals surface area contributed by atoms with Crippen molar-refractivity contribution in [1.29, 1.82) is 0 Å². The van der Waals surface area contributed by atoms with Crippen molar-refractivity contribution >= 4 is 23.5 Å². The van der Waals surface area contributed by atoms with Gasteiger partial charge < -0.3 is 20.9 Å². The van der Waals surface area contributed by atoms with Crippen LogP contribution >= 0.6 is 0 Å². The molecule has 1 saturated heterocycles. The first kappa shape index (κ1) is 23.2. The van der Waals surface area contributed by atoms with Gasteiger partial charge in [-0.2, -0.15) is 0 Å². The maximum Gasteiger partial charge on any atom is 0.319 e. The van der Waals surface area contributed by atoms with Gasteiger partial charge in [0.2, 0.25) is 5.91 Å². The summed E-state index contributed by atoms with van der Waals surface area (Å²) in [5, 5.41) is 9.31. The summed E-state index contributed by atoms with van der Waals surface area (Å²) in [6.45, 7) is 7.60. The van der Waals surface area contributed by atoms with E-state index < -0.39 is 0 Å². The minimum atomic E-state index is -0.145. The van der Waals surface area contributed by atoms with E-state index in [0.29, 0.717) is 35.2 Å². The second-order valence-corrected chi connectivity index (χ2v) is 12.3. The molecule has 6 rings (SSSR count). The van der Waals surface area contributed by atoms with E-state index in [1.807, 2.05) is 4.90 Å². The summed E-state index contributed by atoms with van der Waals surface area (Å²) in [5.74, 6) is 0.691. The van der Waals surface area contributed by atoms with Crippen molar-refractivity contribution < 1.29 is 14.4 Å². The van der Waals surface area contributed by atoms with Crippen LogP contribution < -0.4 is 16.0 Å². The fourth-order valence-electron chi connectivity index (χ4n) is 8.38. The van der Waals surface area contributed by atoms with E-state index in [9.17, 15) is 14.4 Å². The smallest absolute Gasteiger partial charge is 0.319 e. The minimum Gasteiger partial charge on any atom is -0.353 e. The van der Waals surface area contributed by atoms with Crippen LogP contribution in [-0.2, 0) is 4.79 Å². The van der Waals surface area contributed by atoms with E-state index in [1.165, 1.54) is 26.2 Å². The molecule has 4 saturated carbocycles. The molecule has 4 amide bonds. The van der Waals surface area contributed by atoms with Crippen molar-refractivity contribution in [2.75, 3.05) is 18.4 Å². The number of piperidine rings is 1. The summed E-state index contributed by atoms with van der Waals surface area (Å²) in [5.41, 5.74) is 1.92. The molecule has 0 aromatic heterocycles. The van der Waals surface area contributed by atoms with Crippen molar-refractivity contribution in [2.24, 2.45) is 16.7 Å². The fourth-order valence-corrected chi connectivity index (χ4v) is 8.38. The van der Waals surface area contributed by atoms with Gasteiger partial charge in [0.05, 0.1) is 0 Å². The third kappa shape index (κ3) is 4.66. The summed E-state index contributed by atoms with van der Waals surface area (Å²) >= 11 is 0. The molecule has 1 aromatic rings. The predicted molar refractivity (Wildman–Crippen MR) is 131 cm³/mol. The molecule has 1 aromatic carbocycles. The third-order valence-electron chi connectivity index (χ3n) is 8.58. The molecule has 5 fully saturated rings. The topological polar surface area (TPSA) is 90.5 Å². The van der Waals surface area contributed by atoms with Crippen molar-refractivity contribution in [3.63, 3.8) is 0 Å². The van der Waals surface area contributed by atoms with Crippen LogP contribution in [0.5, 0.6) is 0 Å². The second-order valence-electron chi connectivity index (χ2n) is 12.3. The van der Waals surface area contributed by atoms with Gasteiger partial charge in [0, 0.05) is 42.8 Å². The lowest BCUT2D eigenvalue weighted by Crippen LogP contribution is -2.65. The van der Waals surface area contributed by atoms with Crippen molar-refractivity contribution in [3.8, 4) is 0 Å². The highest BCUT2D eigenvalue weighted by atomic mass is 16.2. The second kappa shape index (κ2) is 8.28. The van der Waals surface area contributed by atoms with E-state index in [-0.39, 0.29) is 29.4 Å². The molecule has 4 aliphatic carbocycles. The number of urea groups is 1. The number of anilines is 1. The SMILES string of the molecule is CC(=O)NC1CCN(C(=O)c2ccc(NC(=O)NC34CC5CC(C)(CC(C)(C5)C3)C4)cc2)CC1. The molecule has 1 heterocycles. The van der Waals surface area contributed by atoms with Gasteiger partial charge in [-0.3, -0.25) is 9.59 Å². The Labute approximate surface area is 202 Å². The monoisotopic (exact) mass is 466 g/mol. The Kier molecular flexibility index (Phi) is 5.64. The Morgan fingerprint density at radius 1 is 0.912 bits per heavy atom. The van der Waals surface area contributed by atoms with Crippen LogP contribution in [0.2, 0.25) is 0 Å². The Balaban J connectivity index is 1.16. The summed E-state index contributed by atoms with van der Waals surface area (Å²) in [4.78, 5) is 38.9. The number of hydrogen-bond acceptors (Lipinski definition) is 3. The molecule has 2 atom stereocenters. The number of rotatable bonds is 4. The number of carbonyl (C=O) groups is 3. The zero-order chi connectivity index (χ0) is 24.1. The summed E-state index contributed by atoms with van der Waals surface area (Å²) in [6, 6.07) is 7.17. The standard InChI is InChI=1S/C27H38N4O3/c1-18(32)28-22-8-10-31(11-9-22)23(33)20-4-6-21(7-5-20)29-24(34)30-27-14-19-12-25(2,16-27)15-26(3,13-19)17-27/h4-7,19,22H,8-17H2,1-3H3,(H,28,32)(H2,29,30,34). The Morgan fingerprint density at radius 2 is 1.53 bits per heavy atom. The highest BCUT2D eigenvalue weighted by Crippen LogP contribution is 2.66. The van der Waals surface area contributed by atoms with Crippen LogP contribution in [-0.4, -0.2) is 47.4 Å². The van der Waals surface area contributed by atoms with Crippen molar-refractivity contribution in [3.05, 3.63) is 29.8 Å². The molecule has 7 nitrogen and oxygen atoms in total. The van der Waals surface area contributed by atoms with Crippen LogP contribution in [0.4, 0.5) is 10.5 Å². The zero-order valence-corrected chi connectivity index (χ0v) is 20.7. The lowest BCUT2D eigenvalue weighted by Gasteiger charge is -2.65. The summed E-state index contributed by atoms with van der Waals surface area (Å²) in [6.07, 6.45) is 8.66. The Morgan fingerprint density at radius 3 is 2.09 bits per heavy atom. The van der Waals surface area contributed by atoms with E-state index in [1.54, 1.807) is 24.3 Å². The third-order valence-corrected chi connectivity index (χ3v) is 8.58. The van der Waals surface area contributed by atoms with Gasteiger partial charge in [-0.05, 0) is 92.4 Å². The molecular weight excluding hydrogens is 428 g/mol. The number of hydrogen-bond donors (Lipinski definition) is 3. The Bertz CT molecular complexity index is 964. The quantitative estimate of drug-likeness (QED) is 0.618. The van der Waals surface area contributed by atoms with E-state index in [0.717, 1.165) is 38.0 Å². The predicted octanol–water partition coefficient (Wildman–Crippen LogP) is 4.30.